The van der Waals surface area contributed by atoms with E-state index in [0.717, 1.165) is 0 Å². The van der Waals surface area contributed by atoms with Gasteiger partial charge in [-0.05, 0) is 13.8 Å². The first kappa shape index (κ1) is 17.7. The molecule has 0 fully saturated rings. The predicted molar refractivity (Wildman–Crippen MR) is 57.8 cm³/mol. The molecular formula is C10H14NaO5. The van der Waals surface area contributed by atoms with Crippen molar-refractivity contribution in [3.8, 4) is 0 Å². The van der Waals surface area contributed by atoms with E-state index in [-0.39, 0.29) is 60.5 Å². The quantitative estimate of drug-likeness (QED) is 0.218. The van der Waals surface area contributed by atoms with Gasteiger partial charge in [0.1, 0.15) is 25.4 Å². The van der Waals surface area contributed by atoms with Crippen molar-refractivity contribution < 1.29 is 23.9 Å². The maximum absolute atomic E-state index is 10.8. The molecule has 0 spiro atoms. The molecule has 0 aliphatic heterocycles. The largest absolute Gasteiger partial charge is 0.462 e. The fourth-order valence-corrected chi connectivity index (χ4v) is 0.667. The third-order valence-electron chi connectivity index (χ3n) is 1.32. The molecule has 0 atom stereocenters. The minimum Gasteiger partial charge on any atom is -0.462 e. The first-order valence-electron chi connectivity index (χ1n) is 4.41. The Morgan fingerprint density at radius 3 is 2.00 bits per heavy atom. The number of ketones is 1. The van der Waals surface area contributed by atoms with E-state index in [0.29, 0.717) is 0 Å². The van der Waals surface area contributed by atoms with E-state index in [1.54, 1.807) is 0 Å². The standard InChI is InChI=1S/C10H14O5.Na/c1-7(2)10(13)15-5-4-14-9(12)6-8(3)11;/h1,4-6H2,2-3H3;. The normalized spacial score (nSPS) is 8.62. The molecule has 0 aliphatic rings. The molecule has 16 heavy (non-hydrogen) atoms. The summed E-state index contributed by atoms with van der Waals surface area (Å²) < 4.78 is 9.27. The van der Waals surface area contributed by atoms with Crippen molar-refractivity contribution in [3.05, 3.63) is 12.2 Å². The molecule has 0 amide bonds. The molecule has 6 heteroatoms. The summed E-state index contributed by atoms with van der Waals surface area (Å²) in [7, 11) is 0. The zero-order chi connectivity index (χ0) is 11.8. The third-order valence-corrected chi connectivity index (χ3v) is 1.32. The number of ether oxygens (including phenoxy) is 2. The molecule has 0 N–H and O–H groups in total. The van der Waals surface area contributed by atoms with Crippen LogP contribution in [0.15, 0.2) is 12.2 Å². The van der Waals surface area contributed by atoms with Crippen LogP contribution in [0.25, 0.3) is 0 Å². The molecular weight excluding hydrogens is 223 g/mol. The van der Waals surface area contributed by atoms with Gasteiger partial charge in [0.2, 0.25) is 0 Å². The van der Waals surface area contributed by atoms with Crippen molar-refractivity contribution >= 4 is 47.3 Å². The van der Waals surface area contributed by atoms with Crippen molar-refractivity contribution in [1.29, 1.82) is 0 Å². The first-order valence-corrected chi connectivity index (χ1v) is 4.41. The molecule has 0 saturated carbocycles. The molecule has 0 heterocycles. The second-order valence-corrected chi connectivity index (χ2v) is 3.02. The zero-order valence-electron chi connectivity index (χ0n) is 9.87. The summed E-state index contributed by atoms with van der Waals surface area (Å²) in [6.07, 6.45) is -0.256. The maximum atomic E-state index is 10.8. The van der Waals surface area contributed by atoms with E-state index in [1.165, 1.54) is 13.8 Å². The van der Waals surface area contributed by atoms with Gasteiger partial charge in [-0.2, -0.15) is 0 Å². The Hall–Kier alpha value is -0.650. The van der Waals surface area contributed by atoms with Gasteiger partial charge < -0.3 is 9.47 Å². The molecule has 85 valence electrons. The van der Waals surface area contributed by atoms with E-state index < -0.39 is 11.9 Å². The van der Waals surface area contributed by atoms with Crippen molar-refractivity contribution in [2.24, 2.45) is 0 Å². The molecule has 0 unspecified atom stereocenters. The summed E-state index contributed by atoms with van der Waals surface area (Å²) in [6.45, 7) is 6.11. The Morgan fingerprint density at radius 2 is 1.56 bits per heavy atom. The van der Waals surface area contributed by atoms with Crippen LogP contribution >= 0.6 is 0 Å². The van der Waals surface area contributed by atoms with Crippen LogP contribution in [-0.4, -0.2) is 60.5 Å². The van der Waals surface area contributed by atoms with Gasteiger partial charge in [-0.3, -0.25) is 9.59 Å². The third kappa shape index (κ3) is 9.89. The molecule has 0 aromatic heterocycles. The number of carbonyl (C=O) groups is 3. The molecule has 0 aromatic carbocycles. The minimum atomic E-state index is -0.617. The Bertz CT molecular complexity index is 285. The second-order valence-electron chi connectivity index (χ2n) is 3.02. The van der Waals surface area contributed by atoms with Crippen LogP contribution in [0.4, 0.5) is 0 Å². The number of Topliss-reactive ketones (excluding diaryl/α,β-unsaturated/α-hetero) is 1. The summed E-state index contributed by atoms with van der Waals surface area (Å²) in [6, 6.07) is 0. The number of hydrogen-bond donors (Lipinski definition) is 0. The Labute approximate surface area is 116 Å². The van der Waals surface area contributed by atoms with E-state index in [1.807, 2.05) is 0 Å². The van der Waals surface area contributed by atoms with Gasteiger partial charge in [0, 0.05) is 35.1 Å². The van der Waals surface area contributed by atoms with Crippen LogP contribution in [0.3, 0.4) is 0 Å². The van der Waals surface area contributed by atoms with Crippen LogP contribution in [0.5, 0.6) is 0 Å². The van der Waals surface area contributed by atoms with Gasteiger partial charge >= 0.3 is 11.9 Å². The van der Waals surface area contributed by atoms with Gasteiger partial charge in [0.15, 0.2) is 0 Å². The average molecular weight is 237 g/mol. The Kier molecular flexibility index (Phi) is 10.6. The minimum absolute atomic E-state index is 0. The molecule has 0 aromatic rings. The number of carbonyl (C=O) groups excluding carboxylic acids is 3. The van der Waals surface area contributed by atoms with Crippen LogP contribution in [0, 0.1) is 0 Å². The van der Waals surface area contributed by atoms with Crippen molar-refractivity contribution in [2.45, 2.75) is 20.3 Å². The molecule has 5 nitrogen and oxygen atoms in total. The number of esters is 2. The van der Waals surface area contributed by atoms with E-state index in [4.69, 9.17) is 0 Å². The topological polar surface area (TPSA) is 69.7 Å². The fourth-order valence-electron chi connectivity index (χ4n) is 0.667. The Morgan fingerprint density at radius 1 is 1.06 bits per heavy atom. The van der Waals surface area contributed by atoms with Gasteiger partial charge in [-0.15, -0.1) is 0 Å². The summed E-state index contributed by atoms with van der Waals surface area (Å²) in [5.41, 5.74) is 0.282. The van der Waals surface area contributed by atoms with Crippen LogP contribution in [-0.2, 0) is 23.9 Å². The van der Waals surface area contributed by atoms with Crippen LogP contribution < -0.4 is 0 Å². The van der Waals surface area contributed by atoms with Gasteiger partial charge in [0.05, 0.1) is 0 Å². The zero-order valence-corrected chi connectivity index (χ0v) is 11.9. The second kappa shape index (κ2) is 9.57. The monoisotopic (exact) mass is 237 g/mol. The summed E-state index contributed by atoms with van der Waals surface area (Å²) in [4.78, 5) is 32.2. The molecule has 0 bridgehead atoms. The van der Waals surface area contributed by atoms with E-state index in [2.05, 4.69) is 16.1 Å². The van der Waals surface area contributed by atoms with Crippen LogP contribution in [0.2, 0.25) is 0 Å². The molecule has 0 saturated heterocycles. The molecule has 0 rings (SSSR count). The smallest absolute Gasteiger partial charge is 0.333 e. The summed E-state index contributed by atoms with van der Waals surface area (Å²) in [5, 5.41) is 0. The van der Waals surface area contributed by atoms with Crippen molar-refractivity contribution in [3.63, 3.8) is 0 Å². The maximum Gasteiger partial charge on any atom is 0.333 e. The number of hydrogen-bond acceptors (Lipinski definition) is 5. The summed E-state index contributed by atoms with van der Waals surface area (Å²) >= 11 is 0. The predicted octanol–water partition coefficient (Wildman–Crippen LogP) is 0.247. The Balaban J connectivity index is 0. The molecule has 0 aliphatic carbocycles. The van der Waals surface area contributed by atoms with Gasteiger partial charge in [-0.25, -0.2) is 4.79 Å². The SMILES string of the molecule is C=C(C)C(=O)OCCOC(=O)CC(C)=O.[Na]. The van der Waals surface area contributed by atoms with Crippen LogP contribution in [0.1, 0.15) is 20.3 Å². The van der Waals surface area contributed by atoms with E-state index >= 15 is 0 Å². The van der Waals surface area contributed by atoms with Gasteiger partial charge in [-0.1, -0.05) is 6.58 Å². The fraction of sp³-hybridized carbons (Fsp3) is 0.500. The average Bonchev–Trinajstić information content (AvgIpc) is 2.10. The van der Waals surface area contributed by atoms with Crippen molar-refractivity contribution in [2.75, 3.05) is 13.2 Å². The summed E-state index contributed by atoms with van der Waals surface area (Å²) in [5.74, 6) is -1.41. The first-order chi connectivity index (χ1) is 6.93. The van der Waals surface area contributed by atoms with E-state index in [9.17, 15) is 14.4 Å². The number of rotatable bonds is 6. The van der Waals surface area contributed by atoms with Crippen molar-refractivity contribution in [1.82, 2.24) is 0 Å². The van der Waals surface area contributed by atoms with Gasteiger partial charge in [0.25, 0.3) is 0 Å². The molecule has 1 radical (unpaired) electrons.